The lowest BCUT2D eigenvalue weighted by atomic mass is 10.1. The molecule has 5 heteroatoms. The summed E-state index contributed by atoms with van der Waals surface area (Å²) in [5.74, 6) is -0.591. The second kappa shape index (κ2) is 8.45. The van der Waals surface area contributed by atoms with Crippen molar-refractivity contribution in [2.45, 2.75) is 39.3 Å². The summed E-state index contributed by atoms with van der Waals surface area (Å²) in [7, 11) is 1.70. The molecule has 1 heterocycles. The van der Waals surface area contributed by atoms with Gasteiger partial charge >= 0.3 is 0 Å². The van der Waals surface area contributed by atoms with Crippen molar-refractivity contribution in [1.82, 2.24) is 10.4 Å². The lowest BCUT2D eigenvalue weighted by Gasteiger charge is -2.29. The topological polar surface area (TPSA) is 58.6 Å². The van der Waals surface area contributed by atoms with Gasteiger partial charge in [0.1, 0.15) is 6.61 Å². The van der Waals surface area contributed by atoms with E-state index in [0.717, 1.165) is 10.6 Å². The SMILES string of the molecule is CC.CNC1CCC(=O)N(OCc2ccccc2)C1=O. The number of carbonyl (C=O) groups is 2. The summed E-state index contributed by atoms with van der Waals surface area (Å²) >= 11 is 0. The van der Waals surface area contributed by atoms with Gasteiger partial charge in [0.15, 0.2) is 0 Å². The Balaban J connectivity index is 0.000000956. The minimum absolute atomic E-state index is 0.217. The molecule has 1 aliphatic rings. The van der Waals surface area contributed by atoms with Gasteiger partial charge in [-0.15, -0.1) is 0 Å². The van der Waals surface area contributed by atoms with E-state index in [0.29, 0.717) is 12.8 Å². The van der Waals surface area contributed by atoms with Crippen molar-refractivity contribution in [1.29, 1.82) is 0 Å². The Morgan fingerprint density at radius 3 is 2.50 bits per heavy atom. The fourth-order valence-corrected chi connectivity index (χ4v) is 1.87. The van der Waals surface area contributed by atoms with Crippen molar-refractivity contribution < 1.29 is 14.4 Å². The largest absolute Gasteiger partial charge is 0.309 e. The first-order chi connectivity index (χ1) is 9.72. The zero-order valence-electron chi connectivity index (χ0n) is 12.3. The van der Waals surface area contributed by atoms with Crippen molar-refractivity contribution in [2.24, 2.45) is 0 Å². The molecule has 5 nitrogen and oxygen atoms in total. The van der Waals surface area contributed by atoms with Gasteiger partial charge in [-0.3, -0.25) is 14.4 Å². The number of amides is 2. The first-order valence-electron chi connectivity index (χ1n) is 6.93. The molecule has 2 amide bonds. The Labute approximate surface area is 119 Å². The summed E-state index contributed by atoms with van der Waals surface area (Å²) in [5, 5.41) is 3.77. The van der Waals surface area contributed by atoms with Crippen LogP contribution >= 0.6 is 0 Å². The quantitative estimate of drug-likeness (QED) is 0.854. The number of nitrogens with one attached hydrogen (secondary N) is 1. The normalized spacial score (nSPS) is 18.6. The molecule has 0 spiro atoms. The smallest absolute Gasteiger partial charge is 0.270 e. The third-order valence-electron chi connectivity index (χ3n) is 2.92. The van der Waals surface area contributed by atoms with Crippen LogP contribution in [0.15, 0.2) is 30.3 Å². The van der Waals surface area contributed by atoms with Crippen LogP contribution in [-0.4, -0.2) is 30.0 Å². The maximum atomic E-state index is 11.9. The molecule has 1 fully saturated rings. The molecule has 0 bridgehead atoms. The van der Waals surface area contributed by atoms with E-state index >= 15 is 0 Å². The minimum Gasteiger partial charge on any atom is -0.309 e. The molecule has 0 aliphatic carbocycles. The molecule has 110 valence electrons. The standard InChI is InChI=1S/C13H16N2O3.C2H6/c1-14-11-7-8-12(16)15(13(11)17)18-9-10-5-3-2-4-6-10;1-2/h2-6,11,14H,7-9H2,1H3;1-2H3. The van der Waals surface area contributed by atoms with Gasteiger partial charge in [-0.05, 0) is 19.0 Å². The van der Waals surface area contributed by atoms with E-state index in [1.54, 1.807) is 7.05 Å². The van der Waals surface area contributed by atoms with Gasteiger partial charge in [0, 0.05) is 6.42 Å². The van der Waals surface area contributed by atoms with E-state index in [1.165, 1.54) is 0 Å². The number of nitrogens with zero attached hydrogens (tertiary/aromatic N) is 1. The third-order valence-corrected chi connectivity index (χ3v) is 2.92. The highest BCUT2D eigenvalue weighted by Crippen LogP contribution is 2.14. The van der Waals surface area contributed by atoms with Crippen molar-refractivity contribution >= 4 is 11.8 Å². The molecule has 20 heavy (non-hydrogen) atoms. The van der Waals surface area contributed by atoms with Crippen molar-refractivity contribution in [2.75, 3.05) is 7.05 Å². The number of piperidine rings is 1. The molecule has 1 aromatic carbocycles. The van der Waals surface area contributed by atoms with E-state index < -0.39 is 0 Å². The van der Waals surface area contributed by atoms with E-state index in [1.807, 2.05) is 44.2 Å². The van der Waals surface area contributed by atoms with Gasteiger partial charge in [0.2, 0.25) is 0 Å². The third kappa shape index (κ3) is 4.15. The maximum Gasteiger partial charge on any atom is 0.270 e. The zero-order valence-corrected chi connectivity index (χ0v) is 12.3. The fraction of sp³-hybridized carbons (Fsp3) is 0.467. The van der Waals surface area contributed by atoms with Gasteiger partial charge in [-0.1, -0.05) is 44.2 Å². The maximum absolute atomic E-state index is 11.9. The first kappa shape index (κ1) is 16.3. The molecule has 2 rings (SSSR count). The van der Waals surface area contributed by atoms with Gasteiger partial charge in [-0.2, -0.15) is 5.06 Å². The summed E-state index contributed by atoms with van der Waals surface area (Å²) in [4.78, 5) is 28.9. The predicted molar refractivity (Wildman–Crippen MR) is 76.5 cm³/mol. The van der Waals surface area contributed by atoms with Crippen LogP contribution < -0.4 is 5.32 Å². The summed E-state index contributed by atoms with van der Waals surface area (Å²) in [6.07, 6.45) is 0.853. The van der Waals surface area contributed by atoms with Gasteiger partial charge in [0.05, 0.1) is 6.04 Å². The molecule has 1 aliphatic heterocycles. The number of imide groups is 1. The Kier molecular flexibility index (Phi) is 6.90. The Hall–Kier alpha value is -1.72. The summed E-state index contributed by atoms with van der Waals surface area (Å²) in [6.45, 7) is 4.22. The molecule has 1 N–H and O–H groups in total. The Morgan fingerprint density at radius 2 is 1.90 bits per heavy atom. The number of hydrogen-bond acceptors (Lipinski definition) is 4. The molecular formula is C15H22N2O3. The lowest BCUT2D eigenvalue weighted by molar-refractivity contribution is -0.204. The lowest BCUT2D eigenvalue weighted by Crippen LogP contribution is -2.52. The molecule has 1 saturated heterocycles. The highest BCUT2D eigenvalue weighted by molar-refractivity contribution is 5.99. The monoisotopic (exact) mass is 278 g/mol. The number of hydroxylamine groups is 2. The molecule has 1 atom stereocenters. The molecule has 0 radical (unpaired) electrons. The molecular weight excluding hydrogens is 256 g/mol. The number of benzene rings is 1. The van der Waals surface area contributed by atoms with Crippen molar-refractivity contribution in [3.05, 3.63) is 35.9 Å². The van der Waals surface area contributed by atoms with Crippen molar-refractivity contribution in [3.63, 3.8) is 0 Å². The van der Waals surface area contributed by atoms with Gasteiger partial charge in [0.25, 0.3) is 11.8 Å². The van der Waals surface area contributed by atoms with Crippen LogP contribution in [-0.2, 0) is 21.0 Å². The fourth-order valence-electron chi connectivity index (χ4n) is 1.87. The zero-order chi connectivity index (χ0) is 15.0. The van der Waals surface area contributed by atoms with E-state index in [-0.39, 0.29) is 24.5 Å². The predicted octanol–water partition coefficient (Wildman–Crippen LogP) is 1.88. The first-order valence-corrected chi connectivity index (χ1v) is 6.93. The molecule has 1 aromatic rings. The van der Waals surface area contributed by atoms with Crippen LogP contribution in [0.25, 0.3) is 0 Å². The molecule has 1 unspecified atom stereocenters. The van der Waals surface area contributed by atoms with Crippen LogP contribution in [0.5, 0.6) is 0 Å². The second-order valence-electron chi connectivity index (χ2n) is 4.17. The minimum atomic E-state index is -0.335. The highest BCUT2D eigenvalue weighted by atomic mass is 16.7. The summed E-state index contributed by atoms with van der Waals surface area (Å²) in [5.41, 5.74) is 0.921. The van der Waals surface area contributed by atoms with E-state index in [9.17, 15) is 9.59 Å². The number of likely N-dealkylation sites (N-methyl/N-ethyl adjacent to an activating group) is 1. The molecule has 0 aromatic heterocycles. The summed E-state index contributed by atoms with van der Waals surface area (Å²) < 4.78 is 0. The Bertz CT molecular complexity index is 434. The molecule has 0 saturated carbocycles. The van der Waals surface area contributed by atoms with E-state index in [4.69, 9.17) is 4.84 Å². The van der Waals surface area contributed by atoms with Gasteiger partial charge in [-0.25, -0.2) is 0 Å². The van der Waals surface area contributed by atoms with E-state index in [2.05, 4.69) is 5.32 Å². The van der Waals surface area contributed by atoms with Gasteiger partial charge < -0.3 is 5.32 Å². The van der Waals surface area contributed by atoms with Crippen LogP contribution in [0.1, 0.15) is 32.3 Å². The van der Waals surface area contributed by atoms with Crippen molar-refractivity contribution in [3.8, 4) is 0 Å². The van der Waals surface area contributed by atoms with Crippen LogP contribution in [0.4, 0.5) is 0 Å². The summed E-state index contributed by atoms with van der Waals surface area (Å²) in [6, 6.07) is 9.10. The number of hydrogen-bond donors (Lipinski definition) is 1. The van der Waals surface area contributed by atoms with Crippen LogP contribution in [0, 0.1) is 0 Å². The number of rotatable bonds is 4. The average molecular weight is 278 g/mol. The Morgan fingerprint density at radius 1 is 1.25 bits per heavy atom. The second-order valence-corrected chi connectivity index (χ2v) is 4.17. The van der Waals surface area contributed by atoms with Crippen LogP contribution in [0.3, 0.4) is 0 Å². The highest BCUT2D eigenvalue weighted by Gasteiger charge is 2.34. The van der Waals surface area contributed by atoms with Crippen LogP contribution in [0.2, 0.25) is 0 Å². The number of carbonyl (C=O) groups excluding carboxylic acids is 2. The average Bonchev–Trinajstić information content (AvgIpc) is 2.50.